The Bertz CT molecular complexity index is 613. The normalized spacial score (nSPS) is 10.3. The number of halogens is 2. The van der Waals surface area contributed by atoms with E-state index in [4.69, 9.17) is 17.3 Å². The Morgan fingerprint density at radius 3 is 2.47 bits per heavy atom. The number of amides is 1. The Balaban J connectivity index is 2.33. The van der Waals surface area contributed by atoms with Gasteiger partial charge in [0.2, 0.25) is 0 Å². The van der Waals surface area contributed by atoms with Gasteiger partial charge in [-0.1, -0.05) is 17.7 Å². The smallest absolute Gasteiger partial charge is 0.261 e. The van der Waals surface area contributed by atoms with E-state index < -0.39 is 11.7 Å². The van der Waals surface area contributed by atoms with Gasteiger partial charge in [-0.3, -0.25) is 4.79 Å². The van der Waals surface area contributed by atoms with Crippen molar-refractivity contribution in [3.05, 3.63) is 58.9 Å². The molecular formula is C14H12ClFN2O. The van der Waals surface area contributed by atoms with Gasteiger partial charge in [0, 0.05) is 18.4 Å². The van der Waals surface area contributed by atoms with Gasteiger partial charge in [0.15, 0.2) is 5.82 Å². The second-order valence-corrected chi connectivity index (χ2v) is 4.46. The Morgan fingerprint density at radius 1 is 1.21 bits per heavy atom. The Hall–Kier alpha value is -2.07. The van der Waals surface area contributed by atoms with Gasteiger partial charge in [0.1, 0.15) is 0 Å². The number of carbonyl (C=O) groups is 1. The molecular weight excluding hydrogens is 267 g/mol. The lowest BCUT2D eigenvalue weighted by molar-refractivity contribution is 0.0989. The number of hydrogen-bond donors (Lipinski definition) is 1. The zero-order valence-electron chi connectivity index (χ0n) is 10.2. The molecule has 2 aromatic carbocycles. The van der Waals surface area contributed by atoms with Crippen LogP contribution < -0.4 is 10.6 Å². The van der Waals surface area contributed by atoms with Gasteiger partial charge in [-0.25, -0.2) is 4.39 Å². The summed E-state index contributed by atoms with van der Waals surface area (Å²) in [6, 6.07) is 11.1. The number of hydrogen-bond acceptors (Lipinski definition) is 2. The van der Waals surface area contributed by atoms with Crippen molar-refractivity contribution in [2.75, 3.05) is 17.7 Å². The first-order chi connectivity index (χ1) is 9.00. The molecule has 0 heterocycles. The van der Waals surface area contributed by atoms with E-state index in [1.807, 2.05) is 0 Å². The van der Waals surface area contributed by atoms with E-state index in [-0.39, 0.29) is 10.6 Å². The predicted octanol–water partition coefficient (Wildman–Crippen LogP) is 3.34. The first-order valence-electron chi connectivity index (χ1n) is 5.58. The molecule has 0 spiro atoms. The number of nitrogen functional groups attached to an aromatic ring is 1. The highest BCUT2D eigenvalue weighted by Crippen LogP contribution is 2.22. The molecule has 0 fully saturated rings. The minimum atomic E-state index is -0.712. The molecule has 19 heavy (non-hydrogen) atoms. The number of benzene rings is 2. The summed E-state index contributed by atoms with van der Waals surface area (Å²) < 4.78 is 13.8. The quantitative estimate of drug-likeness (QED) is 0.857. The number of nitrogens with zero attached hydrogens (tertiary/aromatic N) is 1. The molecule has 0 aliphatic heterocycles. The average Bonchev–Trinajstić information content (AvgIpc) is 2.41. The van der Waals surface area contributed by atoms with Gasteiger partial charge < -0.3 is 10.6 Å². The highest BCUT2D eigenvalue weighted by Gasteiger charge is 2.18. The summed E-state index contributed by atoms with van der Waals surface area (Å²) >= 11 is 5.67. The fourth-order valence-corrected chi connectivity index (χ4v) is 1.84. The molecule has 0 atom stereocenters. The molecule has 0 aliphatic rings. The topological polar surface area (TPSA) is 46.3 Å². The van der Waals surface area contributed by atoms with Crippen LogP contribution in [0.15, 0.2) is 42.5 Å². The van der Waals surface area contributed by atoms with E-state index in [1.165, 1.54) is 23.1 Å². The summed E-state index contributed by atoms with van der Waals surface area (Å²) in [5, 5.41) is -0.0726. The van der Waals surface area contributed by atoms with Crippen LogP contribution in [0.2, 0.25) is 5.02 Å². The van der Waals surface area contributed by atoms with Crippen LogP contribution in [-0.2, 0) is 0 Å². The van der Waals surface area contributed by atoms with Crippen LogP contribution in [-0.4, -0.2) is 13.0 Å². The Labute approximate surface area is 115 Å². The standard InChI is InChI=1S/C14H12ClFN2O/c1-18(10-7-5-9(17)6-8-10)14(19)11-3-2-4-12(15)13(11)16/h2-8H,17H2,1H3. The Kier molecular flexibility index (Phi) is 3.71. The van der Waals surface area contributed by atoms with Crippen LogP contribution in [0.25, 0.3) is 0 Å². The first-order valence-corrected chi connectivity index (χ1v) is 5.96. The molecule has 0 aromatic heterocycles. The van der Waals surface area contributed by atoms with Crippen molar-refractivity contribution in [2.45, 2.75) is 0 Å². The summed E-state index contributed by atoms with van der Waals surface area (Å²) in [7, 11) is 1.56. The third-order valence-corrected chi connectivity index (χ3v) is 3.06. The lowest BCUT2D eigenvalue weighted by Crippen LogP contribution is -2.27. The third-order valence-electron chi connectivity index (χ3n) is 2.77. The average molecular weight is 279 g/mol. The first kappa shape index (κ1) is 13.4. The molecule has 0 aliphatic carbocycles. The lowest BCUT2D eigenvalue weighted by Gasteiger charge is -2.18. The van der Waals surface area contributed by atoms with E-state index in [1.54, 1.807) is 31.3 Å². The van der Waals surface area contributed by atoms with Crippen LogP contribution in [0, 0.1) is 5.82 Å². The van der Waals surface area contributed by atoms with Crippen molar-refractivity contribution >= 4 is 28.9 Å². The van der Waals surface area contributed by atoms with Crippen molar-refractivity contribution in [1.82, 2.24) is 0 Å². The fraction of sp³-hybridized carbons (Fsp3) is 0.0714. The minimum absolute atomic E-state index is 0.0631. The second-order valence-electron chi connectivity index (χ2n) is 4.06. The molecule has 5 heteroatoms. The van der Waals surface area contributed by atoms with Gasteiger partial charge in [0.05, 0.1) is 10.6 Å². The van der Waals surface area contributed by atoms with E-state index in [0.717, 1.165) is 0 Å². The van der Waals surface area contributed by atoms with Gasteiger partial charge in [-0.05, 0) is 36.4 Å². The van der Waals surface area contributed by atoms with Gasteiger partial charge in [-0.2, -0.15) is 0 Å². The SMILES string of the molecule is CN(C(=O)c1cccc(Cl)c1F)c1ccc(N)cc1. The van der Waals surface area contributed by atoms with Gasteiger partial charge in [-0.15, -0.1) is 0 Å². The minimum Gasteiger partial charge on any atom is -0.399 e. The molecule has 3 nitrogen and oxygen atoms in total. The van der Waals surface area contributed by atoms with Crippen molar-refractivity contribution in [3.8, 4) is 0 Å². The number of anilines is 2. The molecule has 2 N–H and O–H groups in total. The van der Waals surface area contributed by atoms with E-state index in [0.29, 0.717) is 11.4 Å². The van der Waals surface area contributed by atoms with Gasteiger partial charge >= 0.3 is 0 Å². The molecule has 0 unspecified atom stereocenters. The molecule has 1 amide bonds. The zero-order valence-corrected chi connectivity index (χ0v) is 11.0. The summed E-state index contributed by atoms with van der Waals surface area (Å²) in [4.78, 5) is 13.5. The summed E-state index contributed by atoms with van der Waals surface area (Å²) in [5.41, 5.74) is 6.73. The Morgan fingerprint density at radius 2 is 1.84 bits per heavy atom. The summed E-state index contributed by atoms with van der Waals surface area (Å²) in [6.45, 7) is 0. The van der Waals surface area contributed by atoms with Crippen LogP contribution in [0.4, 0.5) is 15.8 Å². The van der Waals surface area contributed by atoms with E-state index in [2.05, 4.69) is 0 Å². The number of carbonyl (C=O) groups excluding carboxylic acids is 1. The maximum atomic E-state index is 13.8. The van der Waals surface area contributed by atoms with E-state index >= 15 is 0 Å². The predicted molar refractivity (Wildman–Crippen MR) is 75.0 cm³/mol. The van der Waals surface area contributed by atoms with Crippen LogP contribution in [0.5, 0.6) is 0 Å². The third kappa shape index (κ3) is 2.69. The summed E-state index contributed by atoms with van der Waals surface area (Å²) in [5.74, 6) is -1.18. The molecule has 0 saturated heterocycles. The zero-order chi connectivity index (χ0) is 14.0. The summed E-state index contributed by atoms with van der Waals surface area (Å²) in [6.07, 6.45) is 0. The van der Waals surface area contributed by atoms with Gasteiger partial charge in [0.25, 0.3) is 5.91 Å². The van der Waals surface area contributed by atoms with E-state index in [9.17, 15) is 9.18 Å². The molecule has 0 radical (unpaired) electrons. The molecule has 98 valence electrons. The second kappa shape index (κ2) is 5.28. The maximum Gasteiger partial charge on any atom is 0.261 e. The van der Waals surface area contributed by atoms with Crippen LogP contribution >= 0.6 is 11.6 Å². The van der Waals surface area contributed by atoms with Crippen molar-refractivity contribution in [3.63, 3.8) is 0 Å². The molecule has 2 rings (SSSR count). The van der Waals surface area contributed by atoms with Crippen molar-refractivity contribution in [1.29, 1.82) is 0 Å². The fourth-order valence-electron chi connectivity index (χ4n) is 1.66. The van der Waals surface area contributed by atoms with Crippen molar-refractivity contribution < 1.29 is 9.18 Å². The molecule has 2 aromatic rings. The molecule has 0 saturated carbocycles. The molecule has 0 bridgehead atoms. The maximum absolute atomic E-state index is 13.8. The largest absolute Gasteiger partial charge is 0.399 e. The monoisotopic (exact) mass is 278 g/mol. The number of nitrogens with two attached hydrogens (primary N) is 1. The lowest BCUT2D eigenvalue weighted by atomic mass is 10.1. The van der Waals surface area contributed by atoms with Crippen LogP contribution in [0.3, 0.4) is 0 Å². The van der Waals surface area contributed by atoms with Crippen LogP contribution in [0.1, 0.15) is 10.4 Å². The highest BCUT2D eigenvalue weighted by molar-refractivity contribution is 6.31. The number of rotatable bonds is 2. The van der Waals surface area contributed by atoms with Crippen molar-refractivity contribution in [2.24, 2.45) is 0 Å². The highest BCUT2D eigenvalue weighted by atomic mass is 35.5.